The normalized spacial score (nSPS) is 11.5. The lowest BCUT2D eigenvalue weighted by Gasteiger charge is -2.25. The summed E-state index contributed by atoms with van der Waals surface area (Å²) in [4.78, 5) is 14.3. The molecule has 168 valence electrons. The number of nitrogens with zero attached hydrogens (tertiary/aromatic N) is 1. The summed E-state index contributed by atoms with van der Waals surface area (Å²) >= 11 is 0. The number of methoxy groups -OCH3 is 3. The van der Waals surface area contributed by atoms with Gasteiger partial charge in [0.2, 0.25) is 5.91 Å². The molecule has 0 heterocycles. The van der Waals surface area contributed by atoms with E-state index in [1.54, 1.807) is 28.3 Å². The van der Waals surface area contributed by atoms with E-state index >= 15 is 0 Å². The first-order valence-electron chi connectivity index (χ1n) is 10.7. The Labute approximate surface area is 190 Å². The van der Waals surface area contributed by atoms with Crippen LogP contribution in [-0.2, 0) is 11.3 Å². The molecule has 3 rings (SSSR count). The van der Waals surface area contributed by atoms with Crippen molar-refractivity contribution < 1.29 is 19.0 Å². The summed E-state index contributed by atoms with van der Waals surface area (Å²) in [5.41, 5.74) is 3.43. The van der Waals surface area contributed by atoms with Crippen LogP contribution in [0.3, 0.4) is 0 Å². The fourth-order valence-electron chi connectivity index (χ4n) is 3.88. The minimum Gasteiger partial charge on any atom is -0.497 e. The minimum absolute atomic E-state index is 0.0429. The number of hydrogen-bond donors (Lipinski definition) is 0. The van der Waals surface area contributed by atoms with Crippen LogP contribution < -0.4 is 14.2 Å². The average Bonchev–Trinajstić information content (AvgIpc) is 2.84. The number of carbonyl (C=O) groups excluding carboxylic acids is 1. The summed E-state index contributed by atoms with van der Waals surface area (Å²) < 4.78 is 16.0. The highest BCUT2D eigenvalue weighted by molar-refractivity contribution is 5.73. The Kier molecular flexibility index (Phi) is 8.14. The van der Waals surface area contributed by atoms with Gasteiger partial charge in [-0.05, 0) is 47.4 Å². The van der Waals surface area contributed by atoms with Crippen LogP contribution in [0, 0.1) is 0 Å². The van der Waals surface area contributed by atoms with E-state index in [4.69, 9.17) is 14.2 Å². The summed E-state index contributed by atoms with van der Waals surface area (Å²) in [5.74, 6) is 2.39. The van der Waals surface area contributed by atoms with Crippen LogP contribution >= 0.6 is 0 Å². The number of rotatable bonds is 10. The van der Waals surface area contributed by atoms with Crippen LogP contribution in [-0.4, -0.2) is 38.7 Å². The Balaban J connectivity index is 1.79. The molecular weight excluding hydrogens is 402 g/mol. The fraction of sp³-hybridized carbons (Fsp3) is 0.296. The molecule has 5 heteroatoms. The first kappa shape index (κ1) is 23.2. The van der Waals surface area contributed by atoms with Crippen LogP contribution in [0.5, 0.6) is 17.2 Å². The highest BCUT2D eigenvalue weighted by Crippen LogP contribution is 2.31. The molecule has 3 aromatic carbocycles. The molecule has 1 atom stereocenters. The summed E-state index contributed by atoms with van der Waals surface area (Å²) in [6, 6.07) is 24.3. The van der Waals surface area contributed by atoms with Crippen molar-refractivity contribution in [2.24, 2.45) is 0 Å². The van der Waals surface area contributed by atoms with Crippen LogP contribution in [0.2, 0.25) is 0 Å². The molecule has 0 radical (unpaired) electrons. The third kappa shape index (κ3) is 5.82. The second-order valence-corrected chi connectivity index (χ2v) is 7.66. The van der Waals surface area contributed by atoms with Crippen molar-refractivity contribution in [1.29, 1.82) is 0 Å². The van der Waals surface area contributed by atoms with Gasteiger partial charge in [-0.3, -0.25) is 4.79 Å². The third-order valence-electron chi connectivity index (χ3n) is 5.67. The highest BCUT2D eigenvalue weighted by atomic mass is 16.5. The summed E-state index contributed by atoms with van der Waals surface area (Å²) in [5, 5.41) is 0. The van der Waals surface area contributed by atoms with E-state index in [1.807, 2.05) is 41.3 Å². The number of carbonyl (C=O) groups is 1. The predicted molar refractivity (Wildman–Crippen MR) is 127 cm³/mol. The van der Waals surface area contributed by atoms with Gasteiger partial charge in [0, 0.05) is 25.9 Å². The summed E-state index contributed by atoms with van der Waals surface area (Å²) in [6.45, 7) is 2.76. The molecule has 0 bridgehead atoms. The molecule has 32 heavy (non-hydrogen) atoms. The van der Waals surface area contributed by atoms with Gasteiger partial charge in [-0.2, -0.15) is 0 Å². The van der Waals surface area contributed by atoms with Gasteiger partial charge in [-0.15, -0.1) is 0 Å². The molecule has 0 spiro atoms. The Morgan fingerprint density at radius 3 is 2.06 bits per heavy atom. The lowest BCUT2D eigenvalue weighted by molar-refractivity contribution is -0.129. The zero-order valence-electron chi connectivity index (χ0n) is 19.2. The summed E-state index contributed by atoms with van der Waals surface area (Å²) in [6.07, 6.45) is 0.809. The van der Waals surface area contributed by atoms with Crippen LogP contribution in [0.25, 0.3) is 0 Å². The van der Waals surface area contributed by atoms with Crippen molar-refractivity contribution in [2.75, 3.05) is 27.9 Å². The smallest absolute Gasteiger partial charge is 0.219 e. The topological polar surface area (TPSA) is 48.0 Å². The van der Waals surface area contributed by atoms with Crippen LogP contribution in [0.15, 0.2) is 72.8 Å². The van der Waals surface area contributed by atoms with E-state index in [2.05, 4.69) is 36.4 Å². The van der Waals surface area contributed by atoms with Crippen molar-refractivity contribution in [2.45, 2.75) is 25.8 Å². The maximum Gasteiger partial charge on any atom is 0.219 e. The van der Waals surface area contributed by atoms with Gasteiger partial charge in [0.1, 0.15) is 5.75 Å². The van der Waals surface area contributed by atoms with E-state index in [9.17, 15) is 4.79 Å². The second kappa shape index (κ2) is 11.2. The Morgan fingerprint density at radius 2 is 1.47 bits per heavy atom. The van der Waals surface area contributed by atoms with Crippen molar-refractivity contribution in [3.05, 3.63) is 89.5 Å². The standard InChI is InChI=1S/C27H31NO4/c1-20(29)28(19-21-10-15-26(31-3)27(18-21)32-4)17-16-25(22-8-6-5-7-9-22)23-11-13-24(30-2)14-12-23/h5-15,18,25H,16-17,19H2,1-4H3/t25-/m1/s1. The first-order valence-corrected chi connectivity index (χ1v) is 10.7. The zero-order valence-corrected chi connectivity index (χ0v) is 19.2. The molecule has 0 N–H and O–H groups in total. The van der Waals surface area contributed by atoms with Gasteiger partial charge >= 0.3 is 0 Å². The van der Waals surface area contributed by atoms with Gasteiger partial charge in [0.25, 0.3) is 0 Å². The third-order valence-corrected chi connectivity index (χ3v) is 5.67. The van der Waals surface area contributed by atoms with E-state index in [0.717, 1.165) is 17.7 Å². The van der Waals surface area contributed by atoms with Gasteiger partial charge in [-0.1, -0.05) is 48.5 Å². The van der Waals surface area contributed by atoms with Gasteiger partial charge in [-0.25, -0.2) is 0 Å². The Morgan fingerprint density at radius 1 is 0.812 bits per heavy atom. The lowest BCUT2D eigenvalue weighted by Crippen LogP contribution is -2.30. The minimum atomic E-state index is 0.0429. The Bertz CT molecular complexity index is 1000. The van der Waals surface area contributed by atoms with Crippen LogP contribution in [0.4, 0.5) is 0 Å². The number of ether oxygens (including phenoxy) is 3. The zero-order chi connectivity index (χ0) is 22.9. The molecule has 1 amide bonds. The average molecular weight is 434 g/mol. The molecule has 0 saturated heterocycles. The highest BCUT2D eigenvalue weighted by Gasteiger charge is 2.18. The van der Waals surface area contributed by atoms with Crippen LogP contribution in [0.1, 0.15) is 36.0 Å². The molecular formula is C27H31NO4. The van der Waals surface area contributed by atoms with E-state index in [1.165, 1.54) is 11.1 Å². The van der Waals surface area contributed by atoms with E-state index in [0.29, 0.717) is 24.6 Å². The Hall–Kier alpha value is -3.47. The predicted octanol–water partition coefficient (Wildman–Crippen LogP) is 5.28. The molecule has 0 saturated carbocycles. The molecule has 0 aliphatic rings. The van der Waals surface area contributed by atoms with E-state index < -0.39 is 0 Å². The number of hydrogen-bond acceptors (Lipinski definition) is 4. The monoisotopic (exact) mass is 433 g/mol. The van der Waals surface area contributed by atoms with Gasteiger partial charge in [0.15, 0.2) is 11.5 Å². The van der Waals surface area contributed by atoms with Crippen molar-refractivity contribution in [1.82, 2.24) is 4.90 Å². The first-order chi connectivity index (χ1) is 15.5. The molecule has 3 aromatic rings. The molecule has 0 unspecified atom stereocenters. The SMILES string of the molecule is COc1ccc([C@H](CCN(Cc2ccc(OC)c(OC)c2)C(C)=O)c2ccccc2)cc1. The van der Waals surface area contributed by atoms with Crippen molar-refractivity contribution >= 4 is 5.91 Å². The second-order valence-electron chi connectivity index (χ2n) is 7.66. The molecule has 0 fully saturated rings. The quantitative estimate of drug-likeness (QED) is 0.436. The van der Waals surface area contributed by atoms with Gasteiger partial charge in [0.05, 0.1) is 21.3 Å². The largest absolute Gasteiger partial charge is 0.497 e. The van der Waals surface area contributed by atoms with Crippen molar-refractivity contribution in [3.63, 3.8) is 0 Å². The number of amides is 1. The van der Waals surface area contributed by atoms with Crippen molar-refractivity contribution in [3.8, 4) is 17.2 Å². The lowest BCUT2D eigenvalue weighted by atomic mass is 9.88. The molecule has 0 aliphatic heterocycles. The molecule has 0 aromatic heterocycles. The van der Waals surface area contributed by atoms with E-state index in [-0.39, 0.29) is 11.8 Å². The maximum atomic E-state index is 12.4. The molecule has 5 nitrogen and oxygen atoms in total. The fourth-order valence-corrected chi connectivity index (χ4v) is 3.88. The summed E-state index contributed by atoms with van der Waals surface area (Å²) in [7, 11) is 4.90. The number of benzene rings is 3. The van der Waals surface area contributed by atoms with Gasteiger partial charge < -0.3 is 19.1 Å². The maximum absolute atomic E-state index is 12.4. The molecule has 0 aliphatic carbocycles.